The van der Waals surface area contributed by atoms with E-state index in [-0.39, 0.29) is 5.91 Å². The van der Waals surface area contributed by atoms with E-state index in [2.05, 4.69) is 15.3 Å². The van der Waals surface area contributed by atoms with Gasteiger partial charge in [0.25, 0.3) is 5.91 Å². The van der Waals surface area contributed by atoms with Crippen LogP contribution in [-0.4, -0.2) is 44.6 Å². The Morgan fingerprint density at radius 2 is 1.38 bits per heavy atom. The Morgan fingerprint density at radius 1 is 0.784 bits per heavy atom. The van der Waals surface area contributed by atoms with E-state index < -0.39 is 0 Å². The highest BCUT2D eigenvalue weighted by Gasteiger charge is 2.30. The molecule has 6 nitrogen and oxygen atoms in total. The summed E-state index contributed by atoms with van der Waals surface area (Å²) in [7, 11) is 1.00. The Kier molecular flexibility index (Phi) is 9.29. The third-order valence-electron chi connectivity index (χ3n) is 4.89. The topological polar surface area (TPSA) is 88.0 Å². The van der Waals surface area contributed by atoms with Crippen molar-refractivity contribution in [2.75, 3.05) is 23.9 Å². The number of amides is 1. The maximum Gasteiger partial charge on any atom is 0.262 e. The minimum Gasteiger partial charge on any atom is -0.400 e. The van der Waals surface area contributed by atoms with E-state index in [0.29, 0.717) is 22.0 Å². The van der Waals surface area contributed by atoms with Crippen molar-refractivity contribution in [1.82, 2.24) is 15.0 Å². The van der Waals surface area contributed by atoms with Gasteiger partial charge in [0, 0.05) is 36.7 Å². The third-order valence-corrected chi connectivity index (χ3v) is 13.6. The van der Waals surface area contributed by atoms with Gasteiger partial charge in [0.2, 0.25) is 0 Å². The summed E-state index contributed by atoms with van der Waals surface area (Å²) in [6.07, 6.45) is 3.47. The predicted molar refractivity (Wildman–Crippen MR) is 165 cm³/mol. The number of carbonyl (C=O) groups excluding carboxylic acids is 1. The van der Waals surface area contributed by atoms with E-state index in [9.17, 15) is 4.79 Å². The zero-order valence-corrected chi connectivity index (χ0v) is 24.3. The lowest BCUT2D eigenvalue weighted by Gasteiger charge is -2.10. The first kappa shape index (κ1) is 26.8. The molecule has 3 aromatic heterocycles. The minimum atomic E-state index is -0.127. The molecular formula is C25H20N4O2S6. The molecule has 3 aliphatic rings. The maximum absolute atomic E-state index is 13.2. The molecule has 37 heavy (non-hydrogen) atoms. The number of rotatable bonds is 4. The van der Waals surface area contributed by atoms with Crippen molar-refractivity contribution in [2.45, 2.75) is 0 Å². The van der Waals surface area contributed by atoms with Crippen molar-refractivity contribution >= 4 is 82.2 Å². The van der Waals surface area contributed by atoms with Crippen LogP contribution in [0.3, 0.4) is 0 Å². The summed E-state index contributed by atoms with van der Waals surface area (Å²) in [5.41, 5.74) is 3.49. The second-order valence-electron chi connectivity index (χ2n) is 7.26. The number of hydrogen-bond acceptors (Lipinski definition) is 11. The molecule has 0 bridgehead atoms. The van der Waals surface area contributed by atoms with Crippen molar-refractivity contribution in [3.8, 4) is 22.8 Å². The molecule has 0 saturated carbocycles. The summed E-state index contributed by atoms with van der Waals surface area (Å²) in [4.78, 5) is 27.5. The van der Waals surface area contributed by atoms with Gasteiger partial charge >= 0.3 is 0 Å². The summed E-state index contributed by atoms with van der Waals surface area (Å²) in [5, 5.41) is 12.0. The first-order chi connectivity index (χ1) is 18.2. The SMILES string of the molecule is CO.O=C(Nc1cc(-c2ccccn2)nc(-c2ccccn2)c1)C1=CSC(=C2SC3=C(SCCS3)S2)S1. The molecule has 2 N–H and O–H groups in total. The van der Waals surface area contributed by atoms with Crippen LogP contribution < -0.4 is 5.32 Å². The number of aliphatic hydroxyl groups is 1. The number of thioether (sulfide) groups is 6. The quantitative estimate of drug-likeness (QED) is 0.317. The molecular weight excluding hydrogens is 581 g/mol. The number of pyridine rings is 3. The fraction of sp³-hybridized carbons (Fsp3) is 0.120. The molecule has 0 aliphatic carbocycles. The van der Waals surface area contributed by atoms with Gasteiger partial charge in [0.1, 0.15) is 0 Å². The average molecular weight is 601 g/mol. The summed E-state index contributed by atoms with van der Waals surface area (Å²) < 4.78 is 5.28. The van der Waals surface area contributed by atoms with E-state index in [1.807, 2.05) is 101 Å². The lowest BCUT2D eigenvalue weighted by Crippen LogP contribution is -2.12. The highest BCUT2D eigenvalue weighted by atomic mass is 32.3. The van der Waals surface area contributed by atoms with Gasteiger partial charge in [0.05, 0.1) is 44.6 Å². The van der Waals surface area contributed by atoms with Crippen LogP contribution in [0.4, 0.5) is 5.69 Å². The number of nitrogens with one attached hydrogen (secondary N) is 1. The van der Waals surface area contributed by atoms with Gasteiger partial charge in [-0.25, -0.2) is 4.98 Å². The molecule has 0 aromatic carbocycles. The molecule has 0 atom stereocenters. The minimum absolute atomic E-state index is 0.127. The third kappa shape index (κ3) is 6.44. The Labute approximate surface area is 240 Å². The van der Waals surface area contributed by atoms with Crippen LogP contribution in [0, 0.1) is 0 Å². The highest BCUT2D eigenvalue weighted by Crippen LogP contribution is 2.63. The van der Waals surface area contributed by atoms with E-state index in [4.69, 9.17) is 10.1 Å². The molecule has 3 aromatic rings. The molecule has 0 spiro atoms. The van der Waals surface area contributed by atoms with Gasteiger partial charge in [-0.1, -0.05) is 59.2 Å². The van der Waals surface area contributed by atoms with Crippen LogP contribution in [0.1, 0.15) is 0 Å². The highest BCUT2D eigenvalue weighted by molar-refractivity contribution is 8.43. The van der Waals surface area contributed by atoms with Gasteiger partial charge in [-0.05, 0) is 41.8 Å². The average Bonchev–Trinajstić information content (AvgIpc) is 3.63. The number of carbonyl (C=O) groups is 1. The Balaban J connectivity index is 0.00000137. The predicted octanol–water partition coefficient (Wildman–Crippen LogP) is 7.29. The van der Waals surface area contributed by atoms with Gasteiger partial charge < -0.3 is 10.4 Å². The Morgan fingerprint density at radius 3 is 1.92 bits per heavy atom. The second kappa shape index (κ2) is 12.8. The first-order valence-electron chi connectivity index (χ1n) is 11.0. The number of anilines is 1. The smallest absolute Gasteiger partial charge is 0.262 e. The van der Waals surface area contributed by atoms with Crippen molar-refractivity contribution in [2.24, 2.45) is 0 Å². The Bertz CT molecular complexity index is 1320. The molecule has 6 rings (SSSR count). The van der Waals surface area contributed by atoms with Crippen molar-refractivity contribution in [3.05, 3.63) is 88.2 Å². The number of nitrogens with zero attached hydrogens (tertiary/aromatic N) is 3. The zero-order valence-electron chi connectivity index (χ0n) is 19.4. The molecule has 0 fully saturated rings. The lowest BCUT2D eigenvalue weighted by atomic mass is 10.1. The van der Waals surface area contributed by atoms with Crippen LogP contribution in [-0.2, 0) is 4.79 Å². The van der Waals surface area contributed by atoms with Gasteiger partial charge in [-0.15, -0.1) is 23.5 Å². The van der Waals surface area contributed by atoms with E-state index in [1.54, 1.807) is 35.9 Å². The summed E-state index contributed by atoms with van der Waals surface area (Å²) in [6, 6.07) is 15.1. The summed E-state index contributed by atoms with van der Waals surface area (Å²) in [6.45, 7) is 0. The molecule has 0 unspecified atom stereocenters. The molecule has 12 heteroatoms. The molecule has 6 heterocycles. The summed E-state index contributed by atoms with van der Waals surface area (Å²) >= 11 is 10.7. The first-order valence-corrected chi connectivity index (χ1v) is 16.3. The standard InChI is InChI=1S/C24H16N4OS6.CH4O/c29-20(19-13-32-23(33-19)24-34-21-22(35-24)31-10-9-30-21)27-14-11-17(15-5-1-3-7-25-15)28-18(12-14)16-6-2-4-8-26-16;1-2/h1-8,11-13H,9-10H2,(H,27,28,29);2H,1H3. The van der Waals surface area contributed by atoms with Gasteiger partial charge in [-0.2, -0.15) is 0 Å². The Hall–Kier alpha value is -1.80. The molecule has 0 saturated heterocycles. The maximum atomic E-state index is 13.2. The van der Waals surface area contributed by atoms with Crippen molar-refractivity contribution in [1.29, 1.82) is 0 Å². The van der Waals surface area contributed by atoms with Crippen LogP contribution in [0.25, 0.3) is 22.8 Å². The van der Waals surface area contributed by atoms with Gasteiger partial charge in [0.15, 0.2) is 0 Å². The van der Waals surface area contributed by atoms with E-state index in [1.165, 1.54) is 28.5 Å². The van der Waals surface area contributed by atoms with Crippen LogP contribution in [0.15, 0.2) is 88.2 Å². The van der Waals surface area contributed by atoms with E-state index in [0.717, 1.165) is 18.5 Å². The van der Waals surface area contributed by atoms with Crippen molar-refractivity contribution in [3.63, 3.8) is 0 Å². The second-order valence-corrected chi connectivity index (χ2v) is 14.5. The number of aliphatic hydroxyl groups excluding tert-OH is 1. The van der Waals surface area contributed by atoms with Gasteiger partial charge in [-0.3, -0.25) is 14.8 Å². The normalized spacial score (nSPS) is 16.6. The van der Waals surface area contributed by atoms with Crippen molar-refractivity contribution < 1.29 is 9.90 Å². The number of hydrogen-bond donors (Lipinski definition) is 2. The number of aromatic nitrogens is 3. The monoisotopic (exact) mass is 600 g/mol. The van der Waals surface area contributed by atoms with Crippen LogP contribution >= 0.6 is 70.6 Å². The molecule has 0 radical (unpaired) electrons. The fourth-order valence-electron chi connectivity index (χ4n) is 3.33. The van der Waals surface area contributed by atoms with Crippen LogP contribution in [0.2, 0.25) is 0 Å². The van der Waals surface area contributed by atoms with Crippen LogP contribution in [0.5, 0.6) is 0 Å². The summed E-state index contributed by atoms with van der Waals surface area (Å²) in [5.74, 6) is 2.20. The van der Waals surface area contributed by atoms with E-state index >= 15 is 0 Å². The molecule has 3 aliphatic heterocycles. The molecule has 1 amide bonds. The molecule has 188 valence electrons. The zero-order chi connectivity index (χ0) is 25.6. The largest absolute Gasteiger partial charge is 0.400 e. The fourth-order valence-corrected chi connectivity index (χ4v) is 11.8. The lowest BCUT2D eigenvalue weighted by molar-refractivity contribution is -0.112.